The van der Waals surface area contributed by atoms with E-state index >= 15 is 0 Å². The number of phenols is 1. The third-order valence-electron chi connectivity index (χ3n) is 5.66. The maximum atomic E-state index is 11.1. The van der Waals surface area contributed by atoms with E-state index in [9.17, 15) is 15.2 Å². The Bertz CT molecular complexity index is 1320. The van der Waals surface area contributed by atoms with Crippen molar-refractivity contribution in [3.8, 4) is 11.4 Å². The van der Waals surface area contributed by atoms with Gasteiger partial charge in [0.2, 0.25) is 0 Å². The fraction of sp³-hybridized carbons (Fsp3) is 0.0833. The predicted octanol–water partition coefficient (Wildman–Crippen LogP) is 4.66. The van der Waals surface area contributed by atoms with E-state index in [1.54, 1.807) is 30.5 Å². The summed E-state index contributed by atoms with van der Waals surface area (Å²) in [4.78, 5) is 17.1. The molecular formula is C24H19N5O3S. The zero-order chi connectivity index (χ0) is 22.9. The van der Waals surface area contributed by atoms with Crippen molar-refractivity contribution in [2.45, 2.75) is 12.1 Å². The second-order valence-electron chi connectivity index (χ2n) is 7.56. The number of non-ortho nitro benzene ring substituents is 1. The normalized spacial score (nSPS) is 17.7. The number of thiocarbonyl (C=S) groups is 1. The highest BCUT2D eigenvalue weighted by Crippen LogP contribution is 2.44. The smallest absolute Gasteiger partial charge is 0.269 e. The van der Waals surface area contributed by atoms with Crippen LogP contribution in [0.5, 0.6) is 5.75 Å². The van der Waals surface area contributed by atoms with E-state index in [1.165, 1.54) is 12.1 Å². The van der Waals surface area contributed by atoms with Gasteiger partial charge in [0.05, 0.1) is 22.3 Å². The number of rotatable bonds is 5. The van der Waals surface area contributed by atoms with Crippen molar-refractivity contribution < 1.29 is 10.0 Å². The Labute approximate surface area is 194 Å². The quantitative estimate of drug-likeness (QED) is 0.256. The lowest BCUT2D eigenvalue weighted by molar-refractivity contribution is -0.384. The van der Waals surface area contributed by atoms with Crippen molar-refractivity contribution in [3.63, 3.8) is 0 Å². The summed E-state index contributed by atoms with van der Waals surface area (Å²) in [6, 6.07) is 22.4. The Kier molecular flexibility index (Phi) is 5.23. The number of para-hydroxylation sites is 2. The number of pyridine rings is 1. The van der Waals surface area contributed by atoms with Gasteiger partial charge in [-0.3, -0.25) is 15.1 Å². The van der Waals surface area contributed by atoms with Crippen LogP contribution in [0.15, 0.2) is 91.3 Å². The summed E-state index contributed by atoms with van der Waals surface area (Å²) < 4.78 is 1.97. The molecule has 2 atom stereocenters. The number of nitrogens with one attached hydrogen (secondary N) is 1. The van der Waals surface area contributed by atoms with E-state index in [1.807, 2.05) is 58.1 Å². The molecule has 0 spiro atoms. The Balaban J connectivity index is 1.65. The minimum atomic E-state index is -0.420. The first-order valence-corrected chi connectivity index (χ1v) is 10.7. The van der Waals surface area contributed by atoms with Gasteiger partial charge in [0.15, 0.2) is 5.11 Å². The SMILES string of the molecule is O=[N+]([O-])c1ccc(-n2cccc2[C@@H]2[C@H](c3ccccn3)NC(=S)N2c2ccccc2O)cc1. The summed E-state index contributed by atoms with van der Waals surface area (Å²) in [5.41, 5.74) is 3.07. The lowest BCUT2D eigenvalue weighted by Gasteiger charge is -2.29. The molecule has 3 heterocycles. The van der Waals surface area contributed by atoms with Gasteiger partial charge in [0, 0.05) is 35.9 Å². The highest BCUT2D eigenvalue weighted by Gasteiger charge is 2.42. The third kappa shape index (κ3) is 3.68. The van der Waals surface area contributed by atoms with Crippen LogP contribution in [0.25, 0.3) is 5.69 Å². The van der Waals surface area contributed by atoms with Crippen LogP contribution < -0.4 is 10.2 Å². The number of hydrogen-bond acceptors (Lipinski definition) is 5. The molecule has 0 bridgehead atoms. The lowest BCUT2D eigenvalue weighted by atomic mass is 10.0. The molecule has 2 aromatic carbocycles. The average Bonchev–Trinajstić information content (AvgIpc) is 3.44. The van der Waals surface area contributed by atoms with Crippen LogP contribution in [0.3, 0.4) is 0 Å². The van der Waals surface area contributed by atoms with Crippen molar-refractivity contribution in [2.75, 3.05) is 4.90 Å². The second-order valence-corrected chi connectivity index (χ2v) is 7.95. The van der Waals surface area contributed by atoms with Gasteiger partial charge in [-0.1, -0.05) is 18.2 Å². The van der Waals surface area contributed by atoms with Crippen LogP contribution in [0.4, 0.5) is 11.4 Å². The second kappa shape index (κ2) is 8.36. The molecule has 0 saturated carbocycles. The minimum absolute atomic E-state index is 0.0263. The van der Waals surface area contributed by atoms with Gasteiger partial charge in [-0.2, -0.15) is 0 Å². The van der Waals surface area contributed by atoms with Crippen molar-refractivity contribution in [1.82, 2.24) is 14.9 Å². The van der Waals surface area contributed by atoms with Gasteiger partial charge in [-0.05, 0) is 60.7 Å². The molecule has 0 aliphatic carbocycles. The van der Waals surface area contributed by atoms with Crippen LogP contribution in [0, 0.1) is 10.1 Å². The summed E-state index contributed by atoms with van der Waals surface area (Å²) in [5.74, 6) is 0.113. The van der Waals surface area contributed by atoms with E-state index in [0.29, 0.717) is 10.8 Å². The Morgan fingerprint density at radius 1 is 1.00 bits per heavy atom. The Morgan fingerprint density at radius 2 is 1.76 bits per heavy atom. The largest absolute Gasteiger partial charge is 0.506 e. The molecule has 0 unspecified atom stereocenters. The predicted molar refractivity (Wildman–Crippen MR) is 128 cm³/mol. The van der Waals surface area contributed by atoms with Crippen LogP contribution in [-0.4, -0.2) is 24.7 Å². The first-order chi connectivity index (χ1) is 16.0. The maximum Gasteiger partial charge on any atom is 0.269 e. The van der Waals surface area contributed by atoms with E-state index in [4.69, 9.17) is 12.2 Å². The van der Waals surface area contributed by atoms with E-state index in [0.717, 1.165) is 17.1 Å². The van der Waals surface area contributed by atoms with Gasteiger partial charge in [-0.25, -0.2) is 0 Å². The maximum absolute atomic E-state index is 11.1. The molecule has 2 N–H and O–H groups in total. The molecule has 8 nitrogen and oxygen atoms in total. The van der Waals surface area contributed by atoms with Crippen LogP contribution in [0.2, 0.25) is 0 Å². The van der Waals surface area contributed by atoms with Crippen molar-refractivity contribution >= 4 is 28.7 Å². The minimum Gasteiger partial charge on any atom is -0.506 e. The summed E-state index contributed by atoms with van der Waals surface area (Å²) in [6.45, 7) is 0. The molecule has 2 aromatic heterocycles. The van der Waals surface area contributed by atoms with Crippen LogP contribution in [0.1, 0.15) is 23.5 Å². The lowest BCUT2D eigenvalue weighted by Crippen LogP contribution is -2.30. The van der Waals surface area contributed by atoms with Crippen molar-refractivity contribution in [3.05, 3.63) is 113 Å². The van der Waals surface area contributed by atoms with Crippen LogP contribution in [-0.2, 0) is 0 Å². The fourth-order valence-corrected chi connectivity index (χ4v) is 4.53. The molecule has 4 aromatic rings. The zero-order valence-electron chi connectivity index (χ0n) is 17.3. The molecular weight excluding hydrogens is 438 g/mol. The molecule has 164 valence electrons. The molecule has 0 amide bonds. The number of nitro benzene ring substituents is 1. The molecule has 0 radical (unpaired) electrons. The molecule has 1 saturated heterocycles. The first kappa shape index (κ1) is 20.7. The van der Waals surface area contributed by atoms with Crippen LogP contribution >= 0.6 is 12.2 Å². The summed E-state index contributed by atoms with van der Waals surface area (Å²) in [6.07, 6.45) is 3.63. The zero-order valence-corrected chi connectivity index (χ0v) is 18.1. The summed E-state index contributed by atoms with van der Waals surface area (Å²) in [5, 5.41) is 25.5. The molecule has 33 heavy (non-hydrogen) atoms. The van der Waals surface area contributed by atoms with Gasteiger partial charge >= 0.3 is 0 Å². The average molecular weight is 458 g/mol. The highest BCUT2D eigenvalue weighted by molar-refractivity contribution is 7.80. The number of nitrogens with zero attached hydrogens (tertiary/aromatic N) is 4. The molecule has 1 aliphatic heterocycles. The van der Waals surface area contributed by atoms with E-state index < -0.39 is 4.92 Å². The molecule has 1 aliphatic rings. The third-order valence-corrected chi connectivity index (χ3v) is 5.98. The fourth-order valence-electron chi connectivity index (χ4n) is 4.19. The topological polar surface area (TPSA) is 96.5 Å². The number of nitro groups is 1. The number of anilines is 1. The highest BCUT2D eigenvalue weighted by atomic mass is 32.1. The van der Waals surface area contributed by atoms with Crippen molar-refractivity contribution in [2.24, 2.45) is 0 Å². The number of aromatic hydroxyl groups is 1. The number of hydrogen-bond donors (Lipinski definition) is 2. The number of aromatic nitrogens is 2. The molecule has 9 heteroatoms. The number of benzene rings is 2. The molecule has 5 rings (SSSR count). The van der Waals surface area contributed by atoms with Crippen molar-refractivity contribution in [1.29, 1.82) is 0 Å². The Hall–Kier alpha value is -4.24. The summed E-state index contributed by atoms with van der Waals surface area (Å²) in [7, 11) is 0. The first-order valence-electron chi connectivity index (χ1n) is 10.3. The van der Waals surface area contributed by atoms with Gasteiger partial charge < -0.3 is 19.9 Å². The summed E-state index contributed by atoms with van der Waals surface area (Å²) >= 11 is 5.71. The van der Waals surface area contributed by atoms with E-state index in [2.05, 4.69) is 10.3 Å². The number of phenolic OH excluding ortho intramolecular Hbond substituents is 1. The van der Waals surface area contributed by atoms with Gasteiger partial charge in [0.25, 0.3) is 5.69 Å². The molecule has 1 fully saturated rings. The standard InChI is InChI=1S/C24H19N5O3S/c30-21-9-2-1-7-19(21)28-23(22(26-24(28)33)18-6-3-4-14-25-18)20-8-5-15-27(20)16-10-12-17(13-11-16)29(31)32/h1-15,22-23,30H,(H,26,33)/t22-,23+/m0/s1. The monoisotopic (exact) mass is 457 g/mol. The van der Waals surface area contributed by atoms with Gasteiger partial charge in [-0.15, -0.1) is 0 Å². The Morgan fingerprint density at radius 3 is 2.45 bits per heavy atom. The van der Waals surface area contributed by atoms with Gasteiger partial charge in [0.1, 0.15) is 11.8 Å². The van der Waals surface area contributed by atoms with E-state index in [-0.39, 0.29) is 23.5 Å².